The van der Waals surface area contributed by atoms with Crippen LogP contribution >= 0.6 is 0 Å². The van der Waals surface area contributed by atoms with Gasteiger partial charge in [0.05, 0.1) is 12.2 Å². The maximum atomic E-state index is 12.8. The van der Waals surface area contributed by atoms with Crippen LogP contribution in [0.5, 0.6) is 0 Å². The normalized spacial score (nSPS) is 15.9. The Morgan fingerprint density at radius 2 is 1.96 bits per heavy atom. The third kappa shape index (κ3) is 4.47. The Hall–Kier alpha value is -2.04. The molecule has 0 aliphatic carbocycles. The number of nitrogens with zero attached hydrogens (tertiary/aromatic N) is 1. The highest BCUT2D eigenvalue weighted by atomic mass is 16.5. The van der Waals surface area contributed by atoms with Gasteiger partial charge < -0.3 is 15.0 Å². The van der Waals surface area contributed by atoms with Gasteiger partial charge in [0.1, 0.15) is 6.04 Å². The number of aryl methyl sites for hydroxylation is 1. The minimum absolute atomic E-state index is 0.0342. The predicted molar refractivity (Wildman–Crippen MR) is 90.7 cm³/mol. The molecule has 126 valence electrons. The van der Waals surface area contributed by atoms with Crippen LogP contribution in [0.1, 0.15) is 49.0 Å². The number of carbonyl (C=O) groups excluding carboxylic acids is 2. The molecule has 0 bridgehead atoms. The molecule has 0 unspecified atom stereocenters. The number of hydrogen-bond donors (Lipinski definition) is 1. The number of carbonyl (C=O) groups is 2. The van der Waals surface area contributed by atoms with Crippen LogP contribution in [-0.2, 0) is 9.53 Å². The van der Waals surface area contributed by atoms with Crippen molar-refractivity contribution in [1.82, 2.24) is 4.90 Å². The number of benzene rings is 1. The van der Waals surface area contributed by atoms with Gasteiger partial charge in [-0.15, -0.1) is 0 Å². The highest BCUT2D eigenvalue weighted by molar-refractivity contribution is 6.00. The largest absolute Gasteiger partial charge is 0.464 e. The summed E-state index contributed by atoms with van der Waals surface area (Å²) in [6, 6.07) is 5.19. The lowest BCUT2D eigenvalue weighted by molar-refractivity contribution is -0.143. The SMILES string of the molecule is CCOC(=O)[C@H](C)Nc1ccc(C)cc1C(=O)N1CCCCC1. The summed E-state index contributed by atoms with van der Waals surface area (Å²) in [5, 5.41) is 3.12. The van der Waals surface area contributed by atoms with Crippen molar-refractivity contribution in [1.29, 1.82) is 0 Å². The fourth-order valence-electron chi connectivity index (χ4n) is 2.79. The van der Waals surface area contributed by atoms with Crippen LogP contribution in [0.4, 0.5) is 5.69 Å². The van der Waals surface area contributed by atoms with Crippen molar-refractivity contribution in [2.45, 2.75) is 46.1 Å². The van der Waals surface area contributed by atoms with Crippen LogP contribution < -0.4 is 5.32 Å². The number of likely N-dealkylation sites (tertiary alicyclic amines) is 1. The minimum Gasteiger partial charge on any atom is -0.464 e. The third-order valence-electron chi connectivity index (χ3n) is 4.06. The molecule has 0 radical (unpaired) electrons. The van der Waals surface area contributed by atoms with Crippen LogP contribution in [0, 0.1) is 6.92 Å². The van der Waals surface area contributed by atoms with Gasteiger partial charge in [0, 0.05) is 18.8 Å². The number of rotatable bonds is 5. The van der Waals surface area contributed by atoms with Gasteiger partial charge in [-0.2, -0.15) is 0 Å². The molecule has 1 atom stereocenters. The molecule has 1 N–H and O–H groups in total. The summed E-state index contributed by atoms with van der Waals surface area (Å²) in [4.78, 5) is 26.5. The van der Waals surface area contributed by atoms with Crippen LogP contribution in [0.15, 0.2) is 18.2 Å². The molecule has 0 aromatic heterocycles. The average molecular weight is 318 g/mol. The first kappa shape index (κ1) is 17.3. The van der Waals surface area contributed by atoms with E-state index in [1.54, 1.807) is 13.8 Å². The van der Waals surface area contributed by atoms with E-state index in [0.717, 1.165) is 31.5 Å². The number of amides is 1. The van der Waals surface area contributed by atoms with Gasteiger partial charge in [-0.3, -0.25) is 4.79 Å². The smallest absolute Gasteiger partial charge is 0.328 e. The highest BCUT2D eigenvalue weighted by Crippen LogP contribution is 2.22. The molecule has 1 aliphatic heterocycles. The Kier molecular flexibility index (Phi) is 6.02. The number of piperidine rings is 1. The molecule has 1 fully saturated rings. The molecular formula is C18H26N2O3. The lowest BCUT2D eigenvalue weighted by Crippen LogP contribution is -2.36. The number of nitrogens with one attached hydrogen (secondary N) is 1. The first-order valence-electron chi connectivity index (χ1n) is 8.36. The Morgan fingerprint density at radius 3 is 2.61 bits per heavy atom. The van der Waals surface area contributed by atoms with E-state index < -0.39 is 6.04 Å². The Balaban J connectivity index is 2.19. The van der Waals surface area contributed by atoms with Crippen molar-refractivity contribution in [3.63, 3.8) is 0 Å². The second-order valence-corrected chi connectivity index (χ2v) is 6.02. The molecule has 5 heteroatoms. The first-order valence-corrected chi connectivity index (χ1v) is 8.36. The van der Waals surface area contributed by atoms with E-state index in [2.05, 4.69) is 5.32 Å². The standard InChI is InChI=1S/C18H26N2O3/c1-4-23-18(22)14(3)19-16-9-8-13(2)12-15(16)17(21)20-10-6-5-7-11-20/h8-9,12,14,19H,4-7,10-11H2,1-3H3/t14-/m0/s1. The van der Waals surface area contributed by atoms with E-state index in [9.17, 15) is 9.59 Å². The molecule has 1 aromatic carbocycles. The summed E-state index contributed by atoms with van der Waals surface area (Å²) in [5.41, 5.74) is 2.34. The van der Waals surface area contributed by atoms with Gasteiger partial charge in [0.15, 0.2) is 0 Å². The zero-order chi connectivity index (χ0) is 16.8. The second kappa shape index (κ2) is 7.99. The van der Waals surface area contributed by atoms with Gasteiger partial charge in [-0.1, -0.05) is 11.6 Å². The minimum atomic E-state index is -0.495. The van der Waals surface area contributed by atoms with Gasteiger partial charge in [0.2, 0.25) is 0 Å². The monoisotopic (exact) mass is 318 g/mol. The fourth-order valence-corrected chi connectivity index (χ4v) is 2.79. The molecule has 1 aliphatic rings. The lowest BCUT2D eigenvalue weighted by atomic mass is 10.0. The molecule has 23 heavy (non-hydrogen) atoms. The van der Waals surface area contributed by atoms with Gasteiger partial charge in [0.25, 0.3) is 5.91 Å². The first-order chi connectivity index (χ1) is 11.0. The number of anilines is 1. The molecule has 0 spiro atoms. The lowest BCUT2D eigenvalue weighted by Gasteiger charge is -2.28. The van der Waals surface area contributed by atoms with E-state index in [-0.39, 0.29) is 11.9 Å². The second-order valence-electron chi connectivity index (χ2n) is 6.02. The maximum absolute atomic E-state index is 12.8. The van der Waals surface area contributed by atoms with Gasteiger partial charge in [-0.25, -0.2) is 4.79 Å². The molecule has 1 amide bonds. The summed E-state index contributed by atoms with van der Waals surface area (Å²) in [7, 11) is 0. The Labute approximate surface area is 138 Å². The zero-order valence-electron chi connectivity index (χ0n) is 14.2. The van der Waals surface area contributed by atoms with Crippen molar-refractivity contribution >= 4 is 17.6 Å². The van der Waals surface area contributed by atoms with E-state index in [0.29, 0.717) is 17.9 Å². The number of ether oxygens (including phenoxy) is 1. The van der Waals surface area contributed by atoms with Crippen molar-refractivity contribution in [3.8, 4) is 0 Å². The third-order valence-corrected chi connectivity index (χ3v) is 4.06. The van der Waals surface area contributed by atoms with Crippen molar-refractivity contribution < 1.29 is 14.3 Å². The van der Waals surface area contributed by atoms with E-state index in [1.165, 1.54) is 6.42 Å². The molecule has 5 nitrogen and oxygen atoms in total. The molecule has 0 saturated carbocycles. The highest BCUT2D eigenvalue weighted by Gasteiger charge is 2.23. The van der Waals surface area contributed by atoms with Gasteiger partial charge in [-0.05, 0) is 52.2 Å². The topological polar surface area (TPSA) is 58.6 Å². The zero-order valence-corrected chi connectivity index (χ0v) is 14.2. The Morgan fingerprint density at radius 1 is 1.26 bits per heavy atom. The summed E-state index contributed by atoms with van der Waals surface area (Å²) < 4.78 is 5.02. The summed E-state index contributed by atoms with van der Waals surface area (Å²) in [6.45, 7) is 7.44. The van der Waals surface area contributed by atoms with Crippen LogP contribution in [0.2, 0.25) is 0 Å². The molecular weight excluding hydrogens is 292 g/mol. The maximum Gasteiger partial charge on any atom is 0.328 e. The Bertz CT molecular complexity index is 565. The van der Waals surface area contributed by atoms with Crippen LogP contribution in [0.3, 0.4) is 0 Å². The summed E-state index contributed by atoms with van der Waals surface area (Å²) in [5.74, 6) is -0.281. The average Bonchev–Trinajstić information content (AvgIpc) is 2.56. The predicted octanol–water partition coefficient (Wildman–Crippen LogP) is 2.98. The quantitative estimate of drug-likeness (QED) is 0.848. The van der Waals surface area contributed by atoms with Crippen LogP contribution in [0.25, 0.3) is 0 Å². The molecule has 2 rings (SSSR count). The van der Waals surface area contributed by atoms with E-state index in [1.807, 2.05) is 30.0 Å². The summed E-state index contributed by atoms with van der Waals surface area (Å²) >= 11 is 0. The molecule has 1 saturated heterocycles. The molecule has 1 heterocycles. The number of esters is 1. The fraction of sp³-hybridized carbons (Fsp3) is 0.556. The summed E-state index contributed by atoms with van der Waals surface area (Å²) in [6.07, 6.45) is 3.29. The molecule has 1 aromatic rings. The van der Waals surface area contributed by atoms with E-state index in [4.69, 9.17) is 4.74 Å². The number of hydrogen-bond acceptors (Lipinski definition) is 4. The van der Waals surface area contributed by atoms with Crippen molar-refractivity contribution in [2.75, 3.05) is 25.0 Å². The van der Waals surface area contributed by atoms with Gasteiger partial charge >= 0.3 is 5.97 Å². The van der Waals surface area contributed by atoms with Crippen LogP contribution in [-0.4, -0.2) is 42.5 Å². The van der Waals surface area contributed by atoms with Crippen molar-refractivity contribution in [2.24, 2.45) is 0 Å². The van der Waals surface area contributed by atoms with E-state index >= 15 is 0 Å². The van der Waals surface area contributed by atoms with Crippen molar-refractivity contribution in [3.05, 3.63) is 29.3 Å².